The van der Waals surface area contributed by atoms with Crippen molar-refractivity contribution < 1.29 is 24.2 Å². The summed E-state index contributed by atoms with van der Waals surface area (Å²) < 4.78 is 11.1. The first-order chi connectivity index (χ1) is 11.4. The summed E-state index contributed by atoms with van der Waals surface area (Å²) in [5, 5.41) is 9.22. The lowest BCUT2D eigenvalue weighted by molar-refractivity contribution is -0.147. The van der Waals surface area contributed by atoms with Gasteiger partial charge in [-0.2, -0.15) is 0 Å². The van der Waals surface area contributed by atoms with Crippen LogP contribution < -0.4 is 9.47 Å². The molecule has 1 unspecified atom stereocenters. The molecule has 24 heavy (non-hydrogen) atoms. The number of benzene rings is 1. The van der Waals surface area contributed by atoms with Crippen LogP contribution >= 0.6 is 0 Å². The quantitative estimate of drug-likeness (QED) is 0.916. The fraction of sp³-hybridized carbons (Fsp3) is 0.556. The third kappa shape index (κ3) is 3.05. The van der Waals surface area contributed by atoms with Gasteiger partial charge in [0, 0.05) is 13.1 Å². The Balaban J connectivity index is 1.81. The first kappa shape index (κ1) is 16.6. The topological polar surface area (TPSA) is 76.1 Å². The number of piperidine rings is 1. The van der Waals surface area contributed by atoms with Crippen LogP contribution in [0, 0.1) is 5.92 Å². The van der Waals surface area contributed by atoms with Crippen LogP contribution in [0.3, 0.4) is 0 Å². The number of hydrogen-bond donors (Lipinski definition) is 1. The number of carboxylic acids is 1. The molecule has 0 spiro atoms. The molecule has 0 aromatic heterocycles. The van der Waals surface area contributed by atoms with Crippen LogP contribution in [0.5, 0.6) is 11.5 Å². The monoisotopic (exact) mass is 333 g/mol. The maximum Gasteiger partial charge on any atom is 0.308 e. The van der Waals surface area contributed by atoms with Gasteiger partial charge in [-0.05, 0) is 44.4 Å². The lowest BCUT2D eigenvalue weighted by Crippen LogP contribution is -2.49. The highest BCUT2D eigenvalue weighted by molar-refractivity contribution is 5.88. The van der Waals surface area contributed by atoms with Crippen LogP contribution in [0.25, 0.3) is 0 Å². The molecule has 1 amide bonds. The van der Waals surface area contributed by atoms with Gasteiger partial charge in [0.2, 0.25) is 5.91 Å². The Hall–Kier alpha value is -2.24. The largest absolute Gasteiger partial charge is 0.486 e. The van der Waals surface area contributed by atoms with Crippen LogP contribution in [0.2, 0.25) is 0 Å². The molecule has 1 saturated heterocycles. The van der Waals surface area contributed by atoms with Gasteiger partial charge in [-0.1, -0.05) is 6.07 Å². The zero-order valence-electron chi connectivity index (χ0n) is 14.1. The average Bonchev–Trinajstić information content (AvgIpc) is 2.60. The summed E-state index contributed by atoms with van der Waals surface area (Å²) in [5.41, 5.74) is 0.0881. The second-order valence-corrected chi connectivity index (χ2v) is 6.91. The van der Waals surface area contributed by atoms with Crippen LogP contribution in [0.15, 0.2) is 18.2 Å². The van der Waals surface area contributed by atoms with Crippen molar-refractivity contribution in [1.29, 1.82) is 0 Å². The van der Waals surface area contributed by atoms with E-state index in [2.05, 4.69) is 0 Å². The van der Waals surface area contributed by atoms with Crippen molar-refractivity contribution in [2.75, 3.05) is 26.3 Å². The van der Waals surface area contributed by atoms with Gasteiger partial charge in [0.15, 0.2) is 11.5 Å². The number of carbonyl (C=O) groups is 2. The molecule has 0 bridgehead atoms. The zero-order valence-corrected chi connectivity index (χ0v) is 14.1. The molecule has 6 heteroatoms. The minimum atomic E-state index is -0.829. The molecule has 0 radical (unpaired) electrons. The van der Waals surface area contributed by atoms with Gasteiger partial charge in [0.1, 0.15) is 13.2 Å². The molecule has 2 heterocycles. The maximum atomic E-state index is 13.0. The summed E-state index contributed by atoms with van der Waals surface area (Å²) in [6.07, 6.45) is 1.35. The Morgan fingerprint density at radius 1 is 1.21 bits per heavy atom. The van der Waals surface area contributed by atoms with Gasteiger partial charge < -0.3 is 19.5 Å². The van der Waals surface area contributed by atoms with Gasteiger partial charge in [-0.25, -0.2) is 0 Å². The lowest BCUT2D eigenvalue weighted by atomic mass is 9.82. The minimum absolute atomic E-state index is 0.0508. The number of ether oxygens (including phenoxy) is 2. The number of carboxylic acid groups (broad SMARTS) is 1. The Bertz CT molecular complexity index is 655. The van der Waals surface area contributed by atoms with Gasteiger partial charge in [0.05, 0.1) is 11.3 Å². The Labute approximate surface area is 141 Å². The van der Waals surface area contributed by atoms with E-state index in [-0.39, 0.29) is 12.5 Å². The van der Waals surface area contributed by atoms with Crippen LogP contribution in [-0.4, -0.2) is 48.2 Å². The third-order valence-electron chi connectivity index (χ3n) is 4.86. The molecule has 1 N–H and O–H groups in total. The van der Waals surface area contributed by atoms with E-state index in [0.717, 1.165) is 12.0 Å². The summed E-state index contributed by atoms with van der Waals surface area (Å²) in [6, 6.07) is 5.56. The molecule has 6 nitrogen and oxygen atoms in total. The summed E-state index contributed by atoms with van der Waals surface area (Å²) in [5.74, 6) is -0.00706. The van der Waals surface area contributed by atoms with E-state index in [1.54, 1.807) is 4.90 Å². The van der Waals surface area contributed by atoms with Crippen molar-refractivity contribution in [3.63, 3.8) is 0 Å². The highest BCUT2D eigenvalue weighted by Gasteiger charge is 2.37. The number of rotatable bonds is 3. The molecule has 130 valence electrons. The molecule has 0 saturated carbocycles. The zero-order chi connectivity index (χ0) is 17.3. The Morgan fingerprint density at radius 3 is 2.62 bits per heavy atom. The molecule has 1 aromatic carbocycles. The molecular weight excluding hydrogens is 310 g/mol. The molecule has 2 aliphatic heterocycles. The highest BCUT2D eigenvalue weighted by Crippen LogP contribution is 2.36. The molecule has 2 aliphatic rings. The van der Waals surface area contributed by atoms with Crippen molar-refractivity contribution in [3.05, 3.63) is 23.8 Å². The number of carbonyl (C=O) groups excluding carboxylic acids is 1. The normalized spacial score (nSPS) is 20.6. The minimum Gasteiger partial charge on any atom is -0.486 e. The van der Waals surface area contributed by atoms with Crippen molar-refractivity contribution in [2.24, 2.45) is 5.92 Å². The maximum absolute atomic E-state index is 13.0. The lowest BCUT2D eigenvalue weighted by Gasteiger charge is -2.37. The van der Waals surface area contributed by atoms with Gasteiger partial charge in [0.25, 0.3) is 0 Å². The molecule has 1 fully saturated rings. The van der Waals surface area contributed by atoms with Crippen molar-refractivity contribution >= 4 is 11.9 Å². The van der Waals surface area contributed by atoms with E-state index >= 15 is 0 Å². The van der Waals surface area contributed by atoms with Gasteiger partial charge in [-0.3, -0.25) is 9.59 Å². The number of nitrogens with zero attached hydrogens (tertiary/aromatic N) is 1. The average molecular weight is 333 g/mol. The van der Waals surface area contributed by atoms with E-state index in [4.69, 9.17) is 9.47 Å². The van der Waals surface area contributed by atoms with E-state index < -0.39 is 17.3 Å². The summed E-state index contributed by atoms with van der Waals surface area (Å²) >= 11 is 0. The first-order valence-electron chi connectivity index (χ1n) is 8.32. The van der Waals surface area contributed by atoms with Crippen LogP contribution in [0.4, 0.5) is 0 Å². The van der Waals surface area contributed by atoms with Crippen molar-refractivity contribution in [1.82, 2.24) is 4.90 Å². The fourth-order valence-corrected chi connectivity index (χ4v) is 3.31. The number of aliphatic carboxylic acids is 1. The molecule has 3 rings (SSSR count). The third-order valence-corrected chi connectivity index (χ3v) is 4.86. The van der Waals surface area contributed by atoms with E-state index in [9.17, 15) is 14.7 Å². The summed E-state index contributed by atoms with van der Waals surface area (Å²) in [4.78, 5) is 25.9. The number of amides is 1. The predicted octanol–water partition coefficient (Wildman–Crippen LogP) is 2.06. The molecular formula is C18H23NO5. The first-order valence-corrected chi connectivity index (χ1v) is 8.32. The smallest absolute Gasteiger partial charge is 0.308 e. The second-order valence-electron chi connectivity index (χ2n) is 6.91. The Kier molecular flexibility index (Phi) is 4.39. The number of fused-ring (bicyclic) bond motifs is 1. The van der Waals surface area contributed by atoms with E-state index in [1.807, 2.05) is 32.0 Å². The standard InChI is InChI=1S/C18H23NO5/c1-18(2,13-5-6-14-15(10-13)24-9-8-23-14)17(22)19-7-3-4-12(11-19)16(20)21/h5-6,10,12H,3-4,7-9,11H2,1-2H3,(H,20,21). The molecule has 1 atom stereocenters. The second kappa shape index (κ2) is 6.34. The Morgan fingerprint density at radius 2 is 1.92 bits per heavy atom. The van der Waals surface area contributed by atoms with E-state index in [0.29, 0.717) is 37.7 Å². The predicted molar refractivity (Wildman–Crippen MR) is 87.4 cm³/mol. The summed E-state index contributed by atoms with van der Waals surface area (Å²) in [7, 11) is 0. The van der Waals surface area contributed by atoms with Gasteiger partial charge in [-0.15, -0.1) is 0 Å². The SMILES string of the molecule is CC(C)(C(=O)N1CCCC(C(=O)O)C1)c1ccc2c(c1)OCCO2. The van der Waals surface area contributed by atoms with Crippen molar-refractivity contribution in [3.8, 4) is 11.5 Å². The number of hydrogen-bond acceptors (Lipinski definition) is 4. The van der Waals surface area contributed by atoms with Crippen molar-refractivity contribution in [2.45, 2.75) is 32.1 Å². The number of likely N-dealkylation sites (tertiary alicyclic amines) is 1. The molecule has 1 aromatic rings. The fourth-order valence-electron chi connectivity index (χ4n) is 3.31. The van der Waals surface area contributed by atoms with E-state index in [1.165, 1.54) is 0 Å². The van der Waals surface area contributed by atoms with Gasteiger partial charge >= 0.3 is 5.97 Å². The van der Waals surface area contributed by atoms with Crippen LogP contribution in [0.1, 0.15) is 32.3 Å². The molecule has 0 aliphatic carbocycles. The van der Waals surface area contributed by atoms with Crippen LogP contribution in [-0.2, 0) is 15.0 Å². The summed E-state index contributed by atoms with van der Waals surface area (Å²) in [6.45, 7) is 5.64. The highest BCUT2D eigenvalue weighted by atomic mass is 16.6.